The Morgan fingerprint density at radius 2 is 1.82 bits per heavy atom. The minimum absolute atomic E-state index is 0.226. The maximum atomic E-state index is 12.2. The van der Waals surface area contributed by atoms with Crippen molar-refractivity contribution in [3.05, 3.63) is 91.4 Å². The standard InChI is InChI=1S/C25H22BrCl2N3O3/c1-15-3-7-22(16(2)9-15)30-24(32)12-25(33)31-29-13-18-10-19(26)5-8-23(18)34-14-17-4-6-20(27)11-21(17)28/h3-11,13H,12,14H2,1-2H3,(H,30,32)(H,31,33). The first-order valence-electron chi connectivity index (χ1n) is 10.3. The number of ether oxygens (including phenoxy) is 1. The molecule has 6 nitrogen and oxygen atoms in total. The third-order valence-corrected chi connectivity index (χ3v) is 5.82. The van der Waals surface area contributed by atoms with Crippen LogP contribution >= 0.6 is 39.1 Å². The lowest BCUT2D eigenvalue weighted by Gasteiger charge is -2.11. The number of rotatable bonds is 8. The van der Waals surface area contributed by atoms with Crippen molar-refractivity contribution in [3.8, 4) is 5.75 Å². The largest absolute Gasteiger partial charge is 0.488 e. The number of halogens is 3. The molecule has 0 atom stereocenters. The molecular formula is C25H22BrCl2N3O3. The zero-order valence-electron chi connectivity index (χ0n) is 18.5. The molecule has 3 aromatic carbocycles. The fraction of sp³-hybridized carbons (Fsp3) is 0.160. The smallest absolute Gasteiger partial charge is 0.249 e. The van der Waals surface area contributed by atoms with Gasteiger partial charge in [0.1, 0.15) is 18.8 Å². The minimum atomic E-state index is -0.538. The van der Waals surface area contributed by atoms with E-state index in [4.69, 9.17) is 27.9 Å². The van der Waals surface area contributed by atoms with Crippen LogP contribution in [0.15, 0.2) is 64.2 Å². The Morgan fingerprint density at radius 1 is 1.03 bits per heavy atom. The summed E-state index contributed by atoms with van der Waals surface area (Å²) in [7, 11) is 0. The van der Waals surface area contributed by atoms with Crippen LogP contribution in [0.3, 0.4) is 0 Å². The summed E-state index contributed by atoms with van der Waals surface area (Å²) < 4.78 is 6.70. The monoisotopic (exact) mass is 561 g/mol. The Labute approximate surface area is 216 Å². The highest BCUT2D eigenvalue weighted by atomic mass is 79.9. The van der Waals surface area contributed by atoms with Crippen LogP contribution in [0.2, 0.25) is 10.0 Å². The molecule has 3 rings (SSSR count). The van der Waals surface area contributed by atoms with Gasteiger partial charge in [-0.15, -0.1) is 0 Å². The van der Waals surface area contributed by atoms with Gasteiger partial charge in [-0.05, 0) is 55.8 Å². The predicted octanol–water partition coefficient (Wildman–Crippen LogP) is 6.43. The molecule has 0 saturated carbocycles. The number of benzene rings is 3. The van der Waals surface area contributed by atoms with E-state index in [2.05, 4.69) is 31.8 Å². The number of nitrogens with zero attached hydrogens (tertiary/aromatic N) is 1. The number of carbonyl (C=O) groups is 2. The van der Waals surface area contributed by atoms with Gasteiger partial charge in [-0.3, -0.25) is 9.59 Å². The lowest BCUT2D eigenvalue weighted by molar-refractivity contribution is -0.126. The van der Waals surface area contributed by atoms with Crippen molar-refractivity contribution in [1.29, 1.82) is 0 Å². The van der Waals surface area contributed by atoms with Crippen LogP contribution in [-0.4, -0.2) is 18.0 Å². The second-order valence-electron chi connectivity index (χ2n) is 7.54. The van der Waals surface area contributed by atoms with E-state index in [-0.39, 0.29) is 13.0 Å². The molecule has 176 valence electrons. The van der Waals surface area contributed by atoms with Gasteiger partial charge in [-0.1, -0.05) is 62.9 Å². The van der Waals surface area contributed by atoms with E-state index in [0.717, 1.165) is 21.2 Å². The summed E-state index contributed by atoms with van der Waals surface area (Å²) in [5, 5.41) is 7.75. The molecule has 0 fully saturated rings. The molecule has 0 aromatic heterocycles. The van der Waals surface area contributed by atoms with Gasteiger partial charge in [0, 0.05) is 31.3 Å². The summed E-state index contributed by atoms with van der Waals surface area (Å²) in [4.78, 5) is 24.3. The number of hydrogen-bond acceptors (Lipinski definition) is 4. The van der Waals surface area contributed by atoms with Gasteiger partial charge >= 0.3 is 0 Å². The van der Waals surface area contributed by atoms with Crippen LogP contribution in [0.25, 0.3) is 0 Å². The normalized spacial score (nSPS) is 10.9. The van der Waals surface area contributed by atoms with E-state index in [0.29, 0.717) is 27.0 Å². The van der Waals surface area contributed by atoms with Gasteiger partial charge in [0.25, 0.3) is 0 Å². The number of aryl methyl sites for hydroxylation is 2. The lowest BCUT2D eigenvalue weighted by atomic mass is 10.1. The van der Waals surface area contributed by atoms with Crippen molar-refractivity contribution in [3.63, 3.8) is 0 Å². The number of carbonyl (C=O) groups excluding carboxylic acids is 2. The number of anilines is 1. The molecule has 0 bridgehead atoms. The highest BCUT2D eigenvalue weighted by Gasteiger charge is 2.11. The van der Waals surface area contributed by atoms with Crippen LogP contribution in [0.5, 0.6) is 5.75 Å². The van der Waals surface area contributed by atoms with E-state index < -0.39 is 11.8 Å². The lowest BCUT2D eigenvalue weighted by Crippen LogP contribution is -2.24. The Morgan fingerprint density at radius 3 is 2.56 bits per heavy atom. The van der Waals surface area contributed by atoms with Crippen LogP contribution in [0.1, 0.15) is 28.7 Å². The second-order valence-corrected chi connectivity index (χ2v) is 9.30. The first kappa shape index (κ1) is 25.7. The van der Waals surface area contributed by atoms with Crippen LogP contribution < -0.4 is 15.5 Å². The fourth-order valence-corrected chi connectivity index (χ4v) is 3.90. The molecule has 0 saturated heterocycles. The average molecular weight is 563 g/mol. The molecule has 2 amide bonds. The molecule has 0 aliphatic rings. The molecule has 3 aromatic rings. The molecule has 0 radical (unpaired) electrons. The number of nitrogens with one attached hydrogen (secondary N) is 2. The van der Waals surface area contributed by atoms with Crippen LogP contribution in [-0.2, 0) is 16.2 Å². The molecule has 2 N–H and O–H groups in total. The molecule has 34 heavy (non-hydrogen) atoms. The zero-order valence-corrected chi connectivity index (χ0v) is 21.6. The Kier molecular flexibility index (Phi) is 9.10. The van der Waals surface area contributed by atoms with E-state index in [1.807, 2.05) is 38.1 Å². The molecule has 0 aliphatic carbocycles. The number of hydrazone groups is 1. The first-order chi connectivity index (χ1) is 16.2. The SMILES string of the molecule is Cc1ccc(NC(=O)CC(=O)NN=Cc2cc(Br)ccc2OCc2ccc(Cl)cc2Cl)c(C)c1. The maximum Gasteiger partial charge on any atom is 0.249 e. The molecule has 0 heterocycles. The zero-order chi connectivity index (χ0) is 24.7. The third-order valence-electron chi connectivity index (χ3n) is 4.74. The Bertz CT molecular complexity index is 1250. The predicted molar refractivity (Wildman–Crippen MR) is 140 cm³/mol. The first-order valence-corrected chi connectivity index (χ1v) is 11.8. The summed E-state index contributed by atoms with van der Waals surface area (Å²) in [6, 6.07) is 16.2. The highest BCUT2D eigenvalue weighted by molar-refractivity contribution is 9.10. The molecular weight excluding hydrogens is 541 g/mol. The van der Waals surface area contributed by atoms with E-state index in [1.54, 1.807) is 30.3 Å². The summed E-state index contributed by atoms with van der Waals surface area (Å²) >= 11 is 15.6. The summed E-state index contributed by atoms with van der Waals surface area (Å²) in [6.45, 7) is 4.09. The topological polar surface area (TPSA) is 79.8 Å². The maximum absolute atomic E-state index is 12.2. The van der Waals surface area contributed by atoms with Crippen LogP contribution in [0.4, 0.5) is 5.69 Å². The summed E-state index contributed by atoms with van der Waals surface area (Å²) in [5.74, 6) is -0.422. The van der Waals surface area contributed by atoms with Crippen molar-refractivity contribution < 1.29 is 14.3 Å². The van der Waals surface area contributed by atoms with Crippen molar-refractivity contribution in [1.82, 2.24) is 5.43 Å². The van der Waals surface area contributed by atoms with Gasteiger partial charge in [-0.25, -0.2) is 5.43 Å². The molecule has 0 spiro atoms. The summed E-state index contributed by atoms with van der Waals surface area (Å²) in [5.41, 5.74) is 6.46. The van der Waals surface area contributed by atoms with Crippen molar-refractivity contribution in [2.75, 3.05) is 5.32 Å². The van der Waals surface area contributed by atoms with Gasteiger partial charge in [-0.2, -0.15) is 5.10 Å². The van der Waals surface area contributed by atoms with E-state index >= 15 is 0 Å². The Hall–Kier alpha value is -2.87. The van der Waals surface area contributed by atoms with E-state index in [1.165, 1.54) is 6.21 Å². The van der Waals surface area contributed by atoms with Crippen molar-refractivity contribution in [2.45, 2.75) is 26.9 Å². The van der Waals surface area contributed by atoms with Crippen molar-refractivity contribution in [2.24, 2.45) is 5.10 Å². The van der Waals surface area contributed by atoms with Crippen molar-refractivity contribution >= 4 is 62.8 Å². The van der Waals surface area contributed by atoms with Gasteiger partial charge in [0.2, 0.25) is 11.8 Å². The van der Waals surface area contributed by atoms with E-state index in [9.17, 15) is 9.59 Å². The molecule has 9 heteroatoms. The average Bonchev–Trinajstić information content (AvgIpc) is 2.76. The summed E-state index contributed by atoms with van der Waals surface area (Å²) in [6.07, 6.45) is 1.09. The highest BCUT2D eigenvalue weighted by Crippen LogP contribution is 2.26. The van der Waals surface area contributed by atoms with Gasteiger partial charge in [0.15, 0.2) is 0 Å². The minimum Gasteiger partial charge on any atom is -0.488 e. The number of hydrogen-bond donors (Lipinski definition) is 2. The number of amides is 2. The fourth-order valence-electron chi connectivity index (χ4n) is 3.05. The quantitative estimate of drug-likeness (QED) is 0.188. The molecule has 0 unspecified atom stereocenters. The van der Waals surface area contributed by atoms with Crippen LogP contribution in [0, 0.1) is 13.8 Å². The van der Waals surface area contributed by atoms with Gasteiger partial charge < -0.3 is 10.1 Å². The Balaban J connectivity index is 1.58. The van der Waals surface area contributed by atoms with Gasteiger partial charge in [0.05, 0.1) is 6.21 Å². The third kappa shape index (κ3) is 7.58. The molecule has 0 aliphatic heterocycles. The second kappa shape index (κ2) is 12.0.